The Hall–Kier alpha value is -1.58. The van der Waals surface area contributed by atoms with Crippen molar-refractivity contribution in [1.82, 2.24) is 0 Å². The van der Waals surface area contributed by atoms with Gasteiger partial charge in [-0.15, -0.1) is 0 Å². The average Bonchev–Trinajstić information content (AvgIpc) is 2.43. The minimum absolute atomic E-state index is 0.188. The average molecular weight is 295 g/mol. The lowest BCUT2D eigenvalue weighted by Gasteiger charge is -2.20. The van der Waals surface area contributed by atoms with Crippen LogP contribution in [-0.2, 0) is 14.3 Å². The number of carboxylic acid groups (broad SMARTS) is 1. The molecule has 0 rings (SSSR count). The van der Waals surface area contributed by atoms with Crippen molar-refractivity contribution in [2.75, 3.05) is 7.11 Å². The molecule has 0 aromatic carbocycles. The molecule has 4 heteroatoms. The lowest BCUT2D eigenvalue weighted by molar-refractivity contribution is -0.307. The summed E-state index contributed by atoms with van der Waals surface area (Å²) in [6.07, 6.45) is 6.77. The number of aliphatic carboxylic acids is 1. The summed E-state index contributed by atoms with van der Waals surface area (Å²) in [6.45, 7) is 8.06. The zero-order chi connectivity index (χ0) is 16.4. The van der Waals surface area contributed by atoms with Gasteiger partial charge in [-0.25, -0.2) is 0 Å². The molecule has 0 aliphatic carbocycles. The maximum Gasteiger partial charge on any atom is 0.309 e. The van der Waals surface area contributed by atoms with Gasteiger partial charge < -0.3 is 14.6 Å². The molecule has 0 aliphatic heterocycles. The molecule has 120 valence electrons. The minimum atomic E-state index is -1.23. The van der Waals surface area contributed by atoms with Crippen LogP contribution in [0.25, 0.3) is 0 Å². The summed E-state index contributed by atoms with van der Waals surface area (Å²) in [5.74, 6) is -2.61. The minimum Gasteiger partial charge on any atom is -0.550 e. The van der Waals surface area contributed by atoms with E-state index in [-0.39, 0.29) is 12.3 Å². The fourth-order valence-corrected chi connectivity index (χ4v) is 2.15. The molecule has 0 bridgehead atoms. The van der Waals surface area contributed by atoms with E-state index >= 15 is 0 Å². The molecule has 0 aliphatic rings. The molecule has 0 saturated heterocycles. The summed E-state index contributed by atoms with van der Waals surface area (Å²) in [7, 11) is 1.27. The van der Waals surface area contributed by atoms with Crippen LogP contribution in [0.3, 0.4) is 0 Å². The zero-order valence-corrected chi connectivity index (χ0v) is 13.8. The third-order valence-electron chi connectivity index (χ3n) is 3.66. The van der Waals surface area contributed by atoms with Gasteiger partial charge >= 0.3 is 5.97 Å². The smallest absolute Gasteiger partial charge is 0.309 e. The van der Waals surface area contributed by atoms with E-state index in [0.717, 1.165) is 24.8 Å². The van der Waals surface area contributed by atoms with Crippen LogP contribution in [0.1, 0.15) is 53.4 Å². The Bertz CT molecular complexity index is 407. The number of methoxy groups -OCH3 is 1. The number of allylic oxidation sites excluding steroid dienone is 4. The fraction of sp³-hybridized carbons (Fsp3) is 0.647. The molecule has 0 saturated carbocycles. The number of hydrogen-bond donors (Lipinski definition) is 0. The summed E-state index contributed by atoms with van der Waals surface area (Å²) in [6, 6.07) is 0. The Morgan fingerprint density at radius 1 is 1.24 bits per heavy atom. The van der Waals surface area contributed by atoms with Crippen LogP contribution in [-0.4, -0.2) is 19.0 Å². The highest BCUT2D eigenvalue weighted by Crippen LogP contribution is 2.21. The first-order valence-electron chi connectivity index (χ1n) is 7.42. The lowest BCUT2D eigenvalue weighted by Crippen LogP contribution is -2.32. The van der Waals surface area contributed by atoms with E-state index < -0.39 is 17.9 Å². The van der Waals surface area contributed by atoms with E-state index in [9.17, 15) is 14.7 Å². The summed E-state index contributed by atoms with van der Waals surface area (Å²) >= 11 is 0. The Kier molecular flexibility index (Phi) is 9.42. The van der Waals surface area contributed by atoms with Gasteiger partial charge in [-0.3, -0.25) is 4.79 Å². The van der Waals surface area contributed by atoms with E-state index in [1.54, 1.807) is 0 Å². The SMILES string of the molecule is CCC(C)=CCCC(C)=CC(C)C(CC(=O)[O-])C(=O)OC. The van der Waals surface area contributed by atoms with Crippen LogP contribution < -0.4 is 5.11 Å². The normalized spacial score (nSPS) is 15.5. The van der Waals surface area contributed by atoms with Crippen LogP contribution in [0.2, 0.25) is 0 Å². The number of carbonyl (C=O) groups is 2. The first kappa shape index (κ1) is 19.4. The van der Waals surface area contributed by atoms with Crippen molar-refractivity contribution in [2.45, 2.75) is 53.4 Å². The summed E-state index contributed by atoms with van der Waals surface area (Å²) in [5, 5.41) is 10.8. The number of rotatable bonds is 9. The predicted octanol–water partition coefficient (Wildman–Crippen LogP) is 2.63. The first-order chi connectivity index (χ1) is 9.81. The second kappa shape index (κ2) is 10.2. The predicted molar refractivity (Wildman–Crippen MR) is 81.3 cm³/mol. The van der Waals surface area contributed by atoms with Crippen LogP contribution in [0.5, 0.6) is 0 Å². The second-order valence-corrected chi connectivity index (χ2v) is 5.52. The van der Waals surface area contributed by atoms with Gasteiger partial charge in [0.05, 0.1) is 13.0 Å². The number of esters is 1. The van der Waals surface area contributed by atoms with Gasteiger partial charge in [-0.2, -0.15) is 0 Å². The highest BCUT2D eigenvalue weighted by Gasteiger charge is 2.24. The van der Waals surface area contributed by atoms with Crippen LogP contribution in [0.15, 0.2) is 23.3 Å². The van der Waals surface area contributed by atoms with Gasteiger partial charge in [0.2, 0.25) is 0 Å². The number of hydrogen-bond acceptors (Lipinski definition) is 4. The summed E-state index contributed by atoms with van der Waals surface area (Å²) < 4.78 is 4.67. The first-order valence-corrected chi connectivity index (χ1v) is 7.42. The van der Waals surface area contributed by atoms with Gasteiger partial charge in [-0.1, -0.05) is 37.1 Å². The monoisotopic (exact) mass is 295 g/mol. The highest BCUT2D eigenvalue weighted by molar-refractivity contribution is 5.78. The van der Waals surface area contributed by atoms with Gasteiger partial charge in [0.25, 0.3) is 0 Å². The van der Waals surface area contributed by atoms with Gasteiger partial charge in [0, 0.05) is 12.4 Å². The zero-order valence-electron chi connectivity index (χ0n) is 13.8. The molecule has 0 fully saturated rings. The summed E-state index contributed by atoms with van der Waals surface area (Å²) in [5.41, 5.74) is 2.51. The van der Waals surface area contributed by atoms with Crippen molar-refractivity contribution >= 4 is 11.9 Å². The maximum atomic E-state index is 11.7. The van der Waals surface area contributed by atoms with E-state index in [4.69, 9.17) is 0 Å². The second-order valence-electron chi connectivity index (χ2n) is 5.52. The van der Waals surface area contributed by atoms with Crippen molar-refractivity contribution in [3.8, 4) is 0 Å². The molecule has 0 radical (unpaired) electrons. The summed E-state index contributed by atoms with van der Waals surface area (Å²) in [4.78, 5) is 22.4. The molecule has 0 N–H and O–H groups in total. The Morgan fingerprint density at radius 2 is 1.86 bits per heavy atom. The Morgan fingerprint density at radius 3 is 2.33 bits per heavy atom. The third kappa shape index (κ3) is 8.33. The molecule has 4 nitrogen and oxygen atoms in total. The van der Waals surface area contributed by atoms with E-state index in [0.29, 0.717) is 0 Å². The van der Waals surface area contributed by atoms with Gasteiger partial charge in [-0.05, 0) is 39.0 Å². The topological polar surface area (TPSA) is 66.4 Å². The standard InChI is InChI=1S/C17H28O4/c1-6-12(2)8-7-9-13(3)10-14(4)15(11-16(18)19)17(20)21-5/h8,10,14-15H,6-7,9,11H2,1-5H3,(H,18,19)/p-1. The fourth-order valence-electron chi connectivity index (χ4n) is 2.15. The van der Waals surface area contributed by atoms with Gasteiger partial charge in [0.1, 0.15) is 0 Å². The van der Waals surface area contributed by atoms with Crippen LogP contribution in [0.4, 0.5) is 0 Å². The molecule has 0 spiro atoms. The molecule has 0 heterocycles. The molecule has 0 aromatic heterocycles. The quantitative estimate of drug-likeness (QED) is 0.484. The van der Waals surface area contributed by atoms with Crippen molar-refractivity contribution in [1.29, 1.82) is 0 Å². The molecule has 0 amide bonds. The van der Waals surface area contributed by atoms with Crippen molar-refractivity contribution in [3.63, 3.8) is 0 Å². The maximum absolute atomic E-state index is 11.7. The molecule has 2 atom stereocenters. The van der Waals surface area contributed by atoms with Crippen molar-refractivity contribution in [2.24, 2.45) is 11.8 Å². The van der Waals surface area contributed by atoms with E-state index in [1.165, 1.54) is 12.7 Å². The number of carboxylic acids is 1. The Balaban J connectivity index is 4.70. The van der Waals surface area contributed by atoms with Crippen molar-refractivity contribution in [3.05, 3.63) is 23.3 Å². The van der Waals surface area contributed by atoms with E-state index in [2.05, 4.69) is 24.7 Å². The largest absolute Gasteiger partial charge is 0.550 e. The molecule has 21 heavy (non-hydrogen) atoms. The Labute approximate surface area is 127 Å². The molecular weight excluding hydrogens is 268 g/mol. The number of carbonyl (C=O) groups excluding carboxylic acids is 2. The third-order valence-corrected chi connectivity index (χ3v) is 3.66. The van der Waals surface area contributed by atoms with Gasteiger partial charge in [0.15, 0.2) is 0 Å². The van der Waals surface area contributed by atoms with Crippen LogP contribution >= 0.6 is 0 Å². The number of ether oxygens (including phenoxy) is 1. The lowest BCUT2D eigenvalue weighted by atomic mass is 9.89. The molecular formula is C17H27O4-. The highest BCUT2D eigenvalue weighted by atomic mass is 16.5. The van der Waals surface area contributed by atoms with E-state index in [1.807, 2.05) is 19.9 Å². The molecule has 0 aromatic rings. The van der Waals surface area contributed by atoms with Crippen LogP contribution in [0, 0.1) is 11.8 Å². The molecule has 2 unspecified atom stereocenters. The van der Waals surface area contributed by atoms with Crippen molar-refractivity contribution < 1.29 is 19.4 Å².